The second-order valence-corrected chi connectivity index (χ2v) is 19.1. The summed E-state index contributed by atoms with van der Waals surface area (Å²) in [7, 11) is 0. The first-order valence-electron chi connectivity index (χ1n) is 23.9. The maximum absolute atomic E-state index is 5.70. The Labute approximate surface area is 408 Å². The molecule has 4 aromatic heterocycles. The lowest BCUT2D eigenvalue weighted by Gasteiger charge is -2.29. The van der Waals surface area contributed by atoms with Gasteiger partial charge in [-0.3, -0.25) is 4.57 Å². The van der Waals surface area contributed by atoms with Crippen LogP contribution in [0.5, 0.6) is 0 Å². The zero-order valence-electron chi connectivity index (χ0n) is 38.0. The normalized spacial score (nSPS) is 13.8. The van der Waals surface area contributed by atoms with Crippen molar-refractivity contribution < 1.29 is 0 Å². The highest BCUT2D eigenvalue weighted by Gasteiger charge is 2.26. The largest absolute Gasteiger partial charge is 0.311 e. The molecule has 1 aliphatic carbocycles. The number of para-hydroxylation sites is 5. The smallest absolute Gasteiger partial charge is 0.235 e. The third-order valence-corrected chi connectivity index (χ3v) is 15.2. The standard InChI is InChI=1S/C64H43N5S/c1-5-19-43(20-6-1)59-41-55-63(70-59)61(44-32-36-49(37-33-44)67(46-21-7-2-8-22-46)47-23-9-3-10-24-47)66-64(65-55)69-57-38-35-45(40-54(57)60-50-27-14-13-18-42(50)34-39-58(60)69)51-29-17-30-53-52-28-15-16-31-56(52)68(62(51)53)48-25-11-4-12-26-48/h1-32,34-41,44H,33H2. The minimum atomic E-state index is 0.0288. The van der Waals surface area contributed by atoms with Crippen LogP contribution < -0.4 is 4.90 Å². The SMILES string of the molecule is C1=CC(c2nc(-n3c4ccc(-c5cccc6c7ccccc7n(-c7ccccc7)c56)cc4c4c5ccccc5ccc43)nc3cc(-c4ccccc4)sc23)CC=C1N(c1ccccc1)c1ccccc1. The van der Waals surface area contributed by atoms with Crippen molar-refractivity contribution in [3.05, 3.63) is 254 Å². The molecular formula is C64H43N5S. The molecule has 0 saturated heterocycles. The van der Waals surface area contributed by atoms with Gasteiger partial charge >= 0.3 is 0 Å². The van der Waals surface area contributed by atoms with Gasteiger partial charge in [-0.15, -0.1) is 11.3 Å². The summed E-state index contributed by atoms with van der Waals surface area (Å²) in [5.74, 6) is 0.702. The summed E-state index contributed by atoms with van der Waals surface area (Å²) in [4.78, 5) is 14.7. The lowest BCUT2D eigenvalue weighted by Crippen LogP contribution is -2.17. The van der Waals surface area contributed by atoms with Crippen molar-refractivity contribution in [2.75, 3.05) is 4.90 Å². The molecule has 13 aromatic rings. The first-order valence-corrected chi connectivity index (χ1v) is 24.7. The predicted molar refractivity (Wildman–Crippen MR) is 294 cm³/mol. The molecule has 0 bridgehead atoms. The van der Waals surface area contributed by atoms with E-state index in [1.54, 1.807) is 11.3 Å². The summed E-state index contributed by atoms with van der Waals surface area (Å²) < 4.78 is 5.86. The Morgan fingerprint density at radius 1 is 0.500 bits per heavy atom. The van der Waals surface area contributed by atoms with Gasteiger partial charge in [0.15, 0.2) is 0 Å². The van der Waals surface area contributed by atoms with Crippen molar-refractivity contribution in [2.45, 2.75) is 12.3 Å². The van der Waals surface area contributed by atoms with Crippen molar-refractivity contribution >= 4 is 87.3 Å². The number of aromatic nitrogens is 4. The summed E-state index contributed by atoms with van der Waals surface area (Å²) in [5, 5.41) is 7.23. The Balaban J connectivity index is 0.973. The van der Waals surface area contributed by atoms with E-state index in [-0.39, 0.29) is 5.92 Å². The Morgan fingerprint density at radius 3 is 1.91 bits per heavy atom. The summed E-state index contributed by atoms with van der Waals surface area (Å²) in [6.07, 6.45) is 7.79. The van der Waals surface area contributed by atoms with Crippen molar-refractivity contribution in [3.8, 4) is 33.2 Å². The Bertz CT molecular complexity index is 4160. The predicted octanol–water partition coefficient (Wildman–Crippen LogP) is 17.1. The van der Waals surface area contributed by atoms with Gasteiger partial charge in [-0.25, -0.2) is 9.97 Å². The van der Waals surface area contributed by atoms with E-state index in [9.17, 15) is 0 Å². The minimum absolute atomic E-state index is 0.0288. The van der Waals surface area contributed by atoms with E-state index in [1.807, 2.05) is 0 Å². The number of hydrogen-bond acceptors (Lipinski definition) is 4. The molecule has 4 heterocycles. The third-order valence-electron chi connectivity index (χ3n) is 14.0. The number of hydrogen-bond donors (Lipinski definition) is 0. The van der Waals surface area contributed by atoms with E-state index in [2.05, 4.69) is 257 Å². The lowest BCUT2D eigenvalue weighted by atomic mass is 9.94. The van der Waals surface area contributed by atoms with Crippen LogP contribution >= 0.6 is 11.3 Å². The van der Waals surface area contributed by atoms with Crippen molar-refractivity contribution in [3.63, 3.8) is 0 Å². The summed E-state index contributed by atoms with van der Waals surface area (Å²) in [6, 6.07) is 80.7. The number of nitrogens with zero attached hydrogens (tertiary/aromatic N) is 5. The zero-order valence-corrected chi connectivity index (χ0v) is 38.8. The molecule has 0 fully saturated rings. The zero-order chi connectivity index (χ0) is 46.1. The molecule has 330 valence electrons. The van der Waals surface area contributed by atoms with Gasteiger partial charge in [0.1, 0.15) is 0 Å². The molecule has 1 aliphatic rings. The van der Waals surface area contributed by atoms with E-state index in [0.29, 0.717) is 5.95 Å². The highest BCUT2D eigenvalue weighted by Crippen LogP contribution is 2.45. The fourth-order valence-corrected chi connectivity index (χ4v) is 12.0. The maximum Gasteiger partial charge on any atom is 0.235 e. The fourth-order valence-electron chi connectivity index (χ4n) is 10.9. The van der Waals surface area contributed by atoms with Crippen LogP contribution in [0, 0.1) is 0 Å². The second kappa shape index (κ2) is 16.4. The van der Waals surface area contributed by atoms with Gasteiger partial charge in [0.25, 0.3) is 0 Å². The van der Waals surface area contributed by atoms with Crippen LogP contribution in [0.3, 0.4) is 0 Å². The summed E-state index contributed by atoms with van der Waals surface area (Å²) in [6.45, 7) is 0. The molecule has 5 nitrogen and oxygen atoms in total. The van der Waals surface area contributed by atoms with Gasteiger partial charge in [-0.1, -0.05) is 170 Å². The molecule has 1 atom stereocenters. The molecule has 0 amide bonds. The Hall–Kier alpha value is -8.84. The van der Waals surface area contributed by atoms with Crippen LogP contribution in [-0.2, 0) is 0 Å². The van der Waals surface area contributed by atoms with Crippen molar-refractivity contribution in [1.29, 1.82) is 0 Å². The first kappa shape index (κ1) is 40.2. The van der Waals surface area contributed by atoms with Gasteiger partial charge in [-0.2, -0.15) is 0 Å². The number of rotatable bonds is 8. The minimum Gasteiger partial charge on any atom is -0.311 e. The molecule has 0 radical (unpaired) electrons. The van der Waals surface area contributed by atoms with Gasteiger partial charge in [0.05, 0.1) is 38.0 Å². The molecule has 0 N–H and O–H groups in total. The average molecular weight is 914 g/mol. The van der Waals surface area contributed by atoms with Crippen LogP contribution in [0.4, 0.5) is 11.4 Å². The molecule has 9 aromatic carbocycles. The molecule has 14 rings (SSSR count). The van der Waals surface area contributed by atoms with Crippen molar-refractivity contribution in [1.82, 2.24) is 19.1 Å². The van der Waals surface area contributed by atoms with Gasteiger partial charge < -0.3 is 9.47 Å². The molecule has 0 saturated carbocycles. The lowest BCUT2D eigenvalue weighted by molar-refractivity contribution is 0.803. The molecule has 6 heteroatoms. The Morgan fingerprint density at radius 2 is 1.16 bits per heavy atom. The average Bonchev–Trinajstić information content (AvgIpc) is 4.13. The van der Waals surface area contributed by atoms with Gasteiger partial charge in [0.2, 0.25) is 5.95 Å². The van der Waals surface area contributed by atoms with Crippen LogP contribution in [0.1, 0.15) is 18.0 Å². The number of allylic oxidation sites excluding steroid dienone is 3. The van der Waals surface area contributed by atoms with Crippen LogP contribution in [-0.4, -0.2) is 19.1 Å². The number of thiophene rings is 1. The third kappa shape index (κ3) is 6.52. The highest BCUT2D eigenvalue weighted by molar-refractivity contribution is 7.22. The first-order chi connectivity index (χ1) is 34.7. The van der Waals surface area contributed by atoms with Gasteiger partial charge in [0, 0.05) is 60.7 Å². The molecule has 70 heavy (non-hydrogen) atoms. The fraction of sp³-hybridized carbons (Fsp3) is 0.0312. The Kier molecular flexibility index (Phi) is 9.45. The van der Waals surface area contributed by atoms with Crippen LogP contribution in [0.2, 0.25) is 0 Å². The van der Waals surface area contributed by atoms with Gasteiger partial charge in [-0.05, 0) is 101 Å². The number of fused-ring (bicyclic) bond motifs is 9. The summed E-state index contributed by atoms with van der Waals surface area (Å²) >= 11 is 1.79. The highest BCUT2D eigenvalue weighted by atomic mass is 32.1. The molecule has 0 spiro atoms. The van der Waals surface area contributed by atoms with Crippen LogP contribution in [0.15, 0.2) is 248 Å². The van der Waals surface area contributed by atoms with E-state index in [1.165, 1.54) is 54.0 Å². The monoisotopic (exact) mass is 913 g/mol. The number of benzene rings is 9. The number of anilines is 2. The van der Waals surface area contributed by atoms with Crippen molar-refractivity contribution in [2.24, 2.45) is 0 Å². The topological polar surface area (TPSA) is 38.9 Å². The quantitative estimate of drug-likeness (QED) is 0.152. The molecule has 1 unspecified atom stereocenters. The van der Waals surface area contributed by atoms with Crippen LogP contribution in [0.25, 0.3) is 97.8 Å². The maximum atomic E-state index is 5.70. The molecule has 0 aliphatic heterocycles. The second-order valence-electron chi connectivity index (χ2n) is 18.1. The summed E-state index contributed by atoms with van der Waals surface area (Å²) in [5.41, 5.74) is 14.6. The van der Waals surface area contributed by atoms with E-state index in [0.717, 1.165) is 67.1 Å². The van der Waals surface area contributed by atoms with E-state index in [4.69, 9.17) is 9.97 Å². The van der Waals surface area contributed by atoms with E-state index >= 15 is 0 Å². The molecular weight excluding hydrogens is 871 g/mol. The van der Waals surface area contributed by atoms with E-state index < -0.39 is 0 Å².